The lowest BCUT2D eigenvalue weighted by Crippen LogP contribution is -2.30. The van der Waals surface area contributed by atoms with Gasteiger partial charge in [-0.1, -0.05) is 0 Å². The van der Waals surface area contributed by atoms with Crippen LogP contribution in [0.2, 0.25) is 0 Å². The number of amides is 1. The zero-order chi connectivity index (χ0) is 14.9. The maximum atomic E-state index is 12.1. The Hall–Kier alpha value is -1.69. The molecule has 0 aliphatic carbocycles. The summed E-state index contributed by atoms with van der Waals surface area (Å²) in [4.78, 5) is 17.1. The van der Waals surface area contributed by atoms with E-state index in [1.807, 2.05) is 45.4 Å². The highest BCUT2D eigenvalue weighted by molar-refractivity contribution is 7.13. The summed E-state index contributed by atoms with van der Waals surface area (Å²) in [5, 5.41) is 8.31. The maximum Gasteiger partial charge on any atom is 0.263 e. The molecule has 0 saturated carbocycles. The first-order valence-electron chi connectivity index (χ1n) is 6.63. The van der Waals surface area contributed by atoms with Gasteiger partial charge in [-0.25, -0.2) is 4.98 Å². The fourth-order valence-corrected chi connectivity index (χ4v) is 3.08. The Labute approximate surface area is 123 Å². The van der Waals surface area contributed by atoms with Crippen molar-refractivity contribution in [1.29, 1.82) is 0 Å². The number of nitrogens with zero attached hydrogens (tertiary/aromatic N) is 3. The van der Waals surface area contributed by atoms with E-state index >= 15 is 0 Å². The van der Waals surface area contributed by atoms with Gasteiger partial charge in [0.15, 0.2) is 0 Å². The SMILES string of the molecule is Cc1cc(C)n([C@H](C)CNC(=O)c2sc(C)nc2C)n1. The monoisotopic (exact) mass is 292 g/mol. The first-order chi connectivity index (χ1) is 9.38. The predicted octanol–water partition coefficient (Wildman–Crippen LogP) is 2.56. The minimum absolute atomic E-state index is 0.0542. The molecule has 2 aromatic heterocycles. The molecule has 0 aliphatic heterocycles. The van der Waals surface area contributed by atoms with Crippen LogP contribution in [0, 0.1) is 27.7 Å². The zero-order valence-electron chi connectivity index (χ0n) is 12.5. The van der Waals surface area contributed by atoms with Gasteiger partial charge in [0, 0.05) is 12.2 Å². The summed E-state index contributed by atoms with van der Waals surface area (Å²) in [6.45, 7) is 10.4. The quantitative estimate of drug-likeness (QED) is 0.942. The number of rotatable bonds is 4. The van der Waals surface area contributed by atoms with Gasteiger partial charge < -0.3 is 5.32 Å². The molecular formula is C14H20N4OS. The van der Waals surface area contributed by atoms with Crippen LogP contribution in [0.1, 0.15) is 44.7 Å². The molecule has 0 aromatic carbocycles. The average molecular weight is 292 g/mol. The van der Waals surface area contributed by atoms with Crippen molar-refractivity contribution in [1.82, 2.24) is 20.1 Å². The summed E-state index contributed by atoms with van der Waals surface area (Å²) in [7, 11) is 0. The number of carbonyl (C=O) groups is 1. The molecule has 20 heavy (non-hydrogen) atoms. The van der Waals surface area contributed by atoms with Crippen LogP contribution >= 0.6 is 11.3 Å². The molecule has 0 bridgehead atoms. The molecule has 1 atom stereocenters. The lowest BCUT2D eigenvalue weighted by Gasteiger charge is -2.15. The van der Waals surface area contributed by atoms with Gasteiger partial charge in [-0.3, -0.25) is 9.48 Å². The molecule has 6 heteroatoms. The second-order valence-electron chi connectivity index (χ2n) is 5.08. The van der Waals surface area contributed by atoms with Crippen molar-refractivity contribution in [2.45, 2.75) is 40.7 Å². The number of hydrogen-bond donors (Lipinski definition) is 1. The lowest BCUT2D eigenvalue weighted by atomic mass is 10.3. The molecule has 0 radical (unpaired) electrons. The van der Waals surface area contributed by atoms with Gasteiger partial charge in [0.1, 0.15) is 4.88 Å². The average Bonchev–Trinajstić information content (AvgIpc) is 2.88. The minimum Gasteiger partial charge on any atom is -0.349 e. The first-order valence-corrected chi connectivity index (χ1v) is 7.45. The standard InChI is InChI=1S/C14H20N4OS/c1-8-6-9(2)18(17-8)10(3)7-15-14(19)13-11(4)16-12(5)20-13/h6,10H,7H2,1-5H3,(H,15,19)/t10-/m1/s1. The molecule has 1 amide bonds. The highest BCUT2D eigenvalue weighted by Gasteiger charge is 2.15. The van der Waals surface area contributed by atoms with Crippen molar-refractivity contribution in [3.63, 3.8) is 0 Å². The molecule has 0 unspecified atom stereocenters. The third-order valence-corrected chi connectivity index (χ3v) is 4.20. The predicted molar refractivity (Wildman–Crippen MR) is 80.3 cm³/mol. The molecular weight excluding hydrogens is 272 g/mol. The Kier molecular flexibility index (Phi) is 4.23. The van der Waals surface area contributed by atoms with Crippen LogP contribution in [-0.4, -0.2) is 27.2 Å². The Morgan fingerprint density at radius 2 is 2.10 bits per heavy atom. The smallest absolute Gasteiger partial charge is 0.263 e. The van der Waals surface area contributed by atoms with E-state index in [1.165, 1.54) is 11.3 Å². The van der Waals surface area contributed by atoms with Crippen molar-refractivity contribution in [2.75, 3.05) is 6.54 Å². The fraction of sp³-hybridized carbons (Fsp3) is 0.500. The second-order valence-corrected chi connectivity index (χ2v) is 6.28. The molecule has 0 fully saturated rings. The summed E-state index contributed by atoms with van der Waals surface area (Å²) >= 11 is 1.43. The van der Waals surface area contributed by atoms with Crippen molar-refractivity contribution in [3.05, 3.63) is 33.0 Å². The van der Waals surface area contributed by atoms with Crippen LogP contribution < -0.4 is 5.32 Å². The van der Waals surface area contributed by atoms with E-state index in [0.29, 0.717) is 11.4 Å². The number of nitrogens with one attached hydrogen (secondary N) is 1. The largest absolute Gasteiger partial charge is 0.349 e. The Morgan fingerprint density at radius 3 is 2.60 bits per heavy atom. The highest BCUT2D eigenvalue weighted by atomic mass is 32.1. The summed E-state index contributed by atoms with van der Waals surface area (Å²) in [5.74, 6) is -0.0542. The van der Waals surface area contributed by atoms with Gasteiger partial charge >= 0.3 is 0 Å². The molecule has 0 aliphatic rings. The third kappa shape index (κ3) is 3.07. The van der Waals surface area contributed by atoms with E-state index < -0.39 is 0 Å². The zero-order valence-corrected chi connectivity index (χ0v) is 13.3. The Morgan fingerprint density at radius 1 is 1.40 bits per heavy atom. The molecule has 0 spiro atoms. The Balaban J connectivity index is 2.00. The van der Waals surface area contributed by atoms with E-state index in [2.05, 4.69) is 15.4 Å². The first kappa shape index (κ1) is 14.7. The minimum atomic E-state index is -0.0542. The van der Waals surface area contributed by atoms with Crippen LogP contribution in [0.5, 0.6) is 0 Å². The third-order valence-electron chi connectivity index (χ3n) is 3.13. The topological polar surface area (TPSA) is 59.8 Å². The lowest BCUT2D eigenvalue weighted by molar-refractivity contribution is 0.0951. The molecule has 5 nitrogen and oxygen atoms in total. The van der Waals surface area contributed by atoms with E-state index in [1.54, 1.807) is 0 Å². The van der Waals surface area contributed by atoms with Gasteiger partial charge in [-0.2, -0.15) is 5.10 Å². The summed E-state index contributed by atoms with van der Waals surface area (Å²) < 4.78 is 1.94. The van der Waals surface area contributed by atoms with Crippen LogP contribution in [0.25, 0.3) is 0 Å². The van der Waals surface area contributed by atoms with Crippen molar-refractivity contribution in [2.24, 2.45) is 0 Å². The molecule has 108 valence electrons. The van der Waals surface area contributed by atoms with E-state index in [0.717, 1.165) is 22.1 Å². The summed E-state index contributed by atoms with van der Waals surface area (Å²) in [5.41, 5.74) is 2.90. The number of aromatic nitrogens is 3. The van der Waals surface area contributed by atoms with E-state index in [4.69, 9.17) is 0 Å². The molecule has 2 aromatic rings. The normalized spacial score (nSPS) is 12.4. The number of hydrogen-bond acceptors (Lipinski definition) is 4. The van der Waals surface area contributed by atoms with Crippen LogP contribution in [0.4, 0.5) is 0 Å². The fourth-order valence-electron chi connectivity index (χ4n) is 2.24. The maximum absolute atomic E-state index is 12.1. The molecule has 2 heterocycles. The van der Waals surface area contributed by atoms with Crippen molar-refractivity contribution >= 4 is 17.2 Å². The molecule has 1 N–H and O–H groups in total. The van der Waals surface area contributed by atoms with Crippen LogP contribution in [0.15, 0.2) is 6.07 Å². The molecule has 2 rings (SSSR count). The van der Waals surface area contributed by atoms with E-state index in [-0.39, 0.29) is 11.9 Å². The Bertz CT molecular complexity index is 629. The van der Waals surface area contributed by atoms with Crippen molar-refractivity contribution in [3.8, 4) is 0 Å². The van der Waals surface area contributed by atoms with Gasteiger partial charge in [0.05, 0.1) is 22.4 Å². The van der Waals surface area contributed by atoms with Crippen LogP contribution in [0.3, 0.4) is 0 Å². The van der Waals surface area contributed by atoms with Gasteiger partial charge in [-0.15, -0.1) is 11.3 Å². The van der Waals surface area contributed by atoms with Gasteiger partial charge in [0.25, 0.3) is 5.91 Å². The number of thiazole rings is 1. The van der Waals surface area contributed by atoms with Gasteiger partial charge in [0.2, 0.25) is 0 Å². The molecule has 0 saturated heterocycles. The van der Waals surface area contributed by atoms with E-state index in [9.17, 15) is 4.79 Å². The van der Waals surface area contributed by atoms with Crippen LogP contribution in [-0.2, 0) is 0 Å². The summed E-state index contributed by atoms with van der Waals surface area (Å²) in [6.07, 6.45) is 0. The van der Waals surface area contributed by atoms with Crippen molar-refractivity contribution < 1.29 is 4.79 Å². The number of carbonyl (C=O) groups excluding carboxylic acids is 1. The van der Waals surface area contributed by atoms with Gasteiger partial charge in [-0.05, 0) is 40.7 Å². The second kappa shape index (κ2) is 5.75. The number of aryl methyl sites for hydroxylation is 4. The summed E-state index contributed by atoms with van der Waals surface area (Å²) in [6, 6.07) is 2.16. The highest BCUT2D eigenvalue weighted by Crippen LogP contribution is 2.17.